The van der Waals surface area contributed by atoms with Crippen molar-refractivity contribution < 1.29 is 14.7 Å². The van der Waals surface area contributed by atoms with Gasteiger partial charge in [-0.05, 0) is 26.2 Å². The molecule has 1 heterocycles. The Morgan fingerprint density at radius 2 is 2.30 bits per heavy atom. The van der Waals surface area contributed by atoms with Gasteiger partial charge in [-0.2, -0.15) is 0 Å². The molecule has 0 spiro atoms. The molecular formula is C13H20N4O3. The van der Waals surface area contributed by atoms with Gasteiger partial charge >= 0.3 is 12.0 Å². The van der Waals surface area contributed by atoms with Crippen LogP contribution in [0.25, 0.3) is 0 Å². The lowest BCUT2D eigenvalue weighted by Gasteiger charge is -2.18. The van der Waals surface area contributed by atoms with E-state index in [1.54, 1.807) is 12.5 Å². The van der Waals surface area contributed by atoms with Crippen LogP contribution in [0, 0.1) is 5.92 Å². The van der Waals surface area contributed by atoms with Gasteiger partial charge in [0, 0.05) is 31.0 Å². The molecule has 2 rings (SSSR count). The number of carbonyl (C=O) groups excluding carboxylic acids is 1. The molecule has 3 N–H and O–H groups in total. The molecule has 110 valence electrons. The largest absolute Gasteiger partial charge is 0.481 e. The minimum Gasteiger partial charge on any atom is -0.481 e. The summed E-state index contributed by atoms with van der Waals surface area (Å²) in [4.78, 5) is 26.6. The summed E-state index contributed by atoms with van der Waals surface area (Å²) >= 11 is 0. The fourth-order valence-corrected chi connectivity index (χ4v) is 2.54. The molecule has 20 heavy (non-hydrogen) atoms. The Kier molecular flexibility index (Phi) is 4.60. The van der Waals surface area contributed by atoms with Crippen LogP contribution in [0.1, 0.15) is 26.2 Å². The number of aliphatic carboxylic acids is 1. The molecule has 7 heteroatoms. The van der Waals surface area contributed by atoms with E-state index in [1.807, 2.05) is 17.7 Å². The van der Waals surface area contributed by atoms with Crippen molar-refractivity contribution >= 4 is 12.0 Å². The van der Waals surface area contributed by atoms with E-state index >= 15 is 0 Å². The minimum atomic E-state index is -0.775. The van der Waals surface area contributed by atoms with Gasteiger partial charge < -0.3 is 20.3 Å². The van der Waals surface area contributed by atoms with Crippen LogP contribution in [-0.4, -0.2) is 38.7 Å². The lowest BCUT2D eigenvalue weighted by atomic mass is 10.1. The van der Waals surface area contributed by atoms with Crippen molar-refractivity contribution in [3.63, 3.8) is 0 Å². The molecule has 2 amide bonds. The van der Waals surface area contributed by atoms with Crippen molar-refractivity contribution in [2.24, 2.45) is 5.92 Å². The van der Waals surface area contributed by atoms with Gasteiger partial charge in [0.05, 0.1) is 12.2 Å². The van der Waals surface area contributed by atoms with E-state index in [-0.39, 0.29) is 24.0 Å². The third-order valence-corrected chi connectivity index (χ3v) is 3.54. The van der Waals surface area contributed by atoms with Crippen LogP contribution < -0.4 is 10.6 Å². The van der Waals surface area contributed by atoms with Gasteiger partial charge in [-0.25, -0.2) is 9.78 Å². The Labute approximate surface area is 117 Å². The van der Waals surface area contributed by atoms with Crippen LogP contribution >= 0.6 is 0 Å². The standard InChI is InChI=1S/C13H20N4O3/c1-9(7-17-5-4-14-8-17)15-13(20)16-11-3-2-10(6-11)12(18)19/h4-5,8-11H,2-3,6-7H2,1H3,(H,18,19)(H2,15,16,20)/t9?,10-,11+/m1/s1. The molecule has 1 aliphatic carbocycles. The first-order valence-electron chi connectivity index (χ1n) is 6.80. The molecule has 0 aliphatic heterocycles. The van der Waals surface area contributed by atoms with Crippen molar-refractivity contribution in [3.05, 3.63) is 18.7 Å². The Morgan fingerprint density at radius 3 is 2.90 bits per heavy atom. The van der Waals surface area contributed by atoms with Gasteiger partial charge in [-0.3, -0.25) is 4.79 Å². The molecule has 1 saturated carbocycles. The molecule has 3 atom stereocenters. The monoisotopic (exact) mass is 280 g/mol. The van der Waals surface area contributed by atoms with Crippen LogP contribution in [0.3, 0.4) is 0 Å². The summed E-state index contributed by atoms with van der Waals surface area (Å²) in [5.74, 6) is -1.10. The highest BCUT2D eigenvalue weighted by atomic mass is 16.4. The number of carboxylic acid groups (broad SMARTS) is 1. The molecule has 1 unspecified atom stereocenters. The topological polar surface area (TPSA) is 96.3 Å². The fraction of sp³-hybridized carbons (Fsp3) is 0.615. The van der Waals surface area contributed by atoms with Crippen molar-refractivity contribution in [3.8, 4) is 0 Å². The van der Waals surface area contributed by atoms with Crippen molar-refractivity contribution in [2.75, 3.05) is 0 Å². The molecule has 1 aliphatic rings. The number of hydrogen-bond donors (Lipinski definition) is 3. The second-order valence-electron chi connectivity index (χ2n) is 5.32. The van der Waals surface area contributed by atoms with E-state index < -0.39 is 5.97 Å². The molecule has 0 saturated heterocycles. The average Bonchev–Trinajstić information content (AvgIpc) is 2.99. The number of imidazole rings is 1. The number of aromatic nitrogens is 2. The second-order valence-corrected chi connectivity index (χ2v) is 5.32. The first-order valence-corrected chi connectivity index (χ1v) is 6.80. The van der Waals surface area contributed by atoms with Crippen LogP contribution in [-0.2, 0) is 11.3 Å². The predicted molar refractivity (Wildman–Crippen MR) is 72.1 cm³/mol. The quantitative estimate of drug-likeness (QED) is 0.744. The van der Waals surface area contributed by atoms with Crippen LogP contribution in [0.4, 0.5) is 4.79 Å². The normalized spacial score (nSPS) is 23.2. The maximum absolute atomic E-state index is 11.8. The molecule has 1 fully saturated rings. The maximum Gasteiger partial charge on any atom is 0.315 e. The number of nitrogens with one attached hydrogen (secondary N) is 2. The van der Waals surface area contributed by atoms with E-state index in [0.29, 0.717) is 19.4 Å². The van der Waals surface area contributed by atoms with Gasteiger partial charge in [0.15, 0.2) is 0 Å². The number of nitrogens with zero attached hydrogens (tertiary/aromatic N) is 2. The van der Waals surface area contributed by atoms with Crippen LogP contribution in [0.15, 0.2) is 18.7 Å². The molecule has 0 aromatic carbocycles. The lowest BCUT2D eigenvalue weighted by Crippen LogP contribution is -2.45. The molecule has 7 nitrogen and oxygen atoms in total. The summed E-state index contributed by atoms with van der Waals surface area (Å²) in [5.41, 5.74) is 0. The number of carbonyl (C=O) groups is 2. The van der Waals surface area contributed by atoms with E-state index in [2.05, 4.69) is 15.6 Å². The fourth-order valence-electron chi connectivity index (χ4n) is 2.54. The smallest absolute Gasteiger partial charge is 0.315 e. The zero-order valence-electron chi connectivity index (χ0n) is 11.5. The molecule has 0 radical (unpaired) electrons. The van der Waals surface area contributed by atoms with Crippen LogP contribution in [0.5, 0.6) is 0 Å². The number of hydrogen-bond acceptors (Lipinski definition) is 3. The second kappa shape index (κ2) is 6.40. The SMILES string of the molecule is CC(Cn1ccnc1)NC(=O)N[C@H]1CC[C@@H](C(=O)O)C1. The molecule has 1 aromatic heterocycles. The Bertz CT molecular complexity index is 460. The third kappa shape index (κ3) is 3.97. The van der Waals surface area contributed by atoms with Crippen LogP contribution in [0.2, 0.25) is 0 Å². The summed E-state index contributed by atoms with van der Waals surface area (Å²) in [6.07, 6.45) is 7.09. The first kappa shape index (κ1) is 14.4. The summed E-state index contributed by atoms with van der Waals surface area (Å²) in [6.45, 7) is 2.56. The highest BCUT2D eigenvalue weighted by Gasteiger charge is 2.30. The molecule has 0 bridgehead atoms. The highest BCUT2D eigenvalue weighted by molar-refractivity contribution is 5.75. The Hall–Kier alpha value is -2.05. The number of urea groups is 1. The van der Waals surface area contributed by atoms with Crippen molar-refractivity contribution in [1.82, 2.24) is 20.2 Å². The van der Waals surface area contributed by atoms with Gasteiger partial charge in [-0.15, -0.1) is 0 Å². The van der Waals surface area contributed by atoms with Gasteiger partial charge in [0.1, 0.15) is 0 Å². The summed E-state index contributed by atoms with van der Waals surface area (Å²) < 4.78 is 1.89. The first-order chi connectivity index (χ1) is 9.54. The molecular weight excluding hydrogens is 260 g/mol. The summed E-state index contributed by atoms with van der Waals surface area (Å²) in [6, 6.07) is -0.314. The zero-order valence-corrected chi connectivity index (χ0v) is 11.5. The number of amides is 2. The summed E-state index contributed by atoms with van der Waals surface area (Å²) in [5, 5.41) is 14.6. The highest BCUT2D eigenvalue weighted by Crippen LogP contribution is 2.25. The Balaban J connectivity index is 1.71. The van der Waals surface area contributed by atoms with E-state index in [1.165, 1.54) is 0 Å². The van der Waals surface area contributed by atoms with Crippen molar-refractivity contribution in [1.29, 1.82) is 0 Å². The number of rotatable bonds is 5. The zero-order chi connectivity index (χ0) is 14.5. The van der Waals surface area contributed by atoms with Gasteiger partial charge in [-0.1, -0.05) is 0 Å². The van der Waals surface area contributed by atoms with E-state index in [0.717, 1.165) is 6.42 Å². The average molecular weight is 280 g/mol. The van der Waals surface area contributed by atoms with Gasteiger partial charge in [0.25, 0.3) is 0 Å². The van der Waals surface area contributed by atoms with Gasteiger partial charge in [0.2, 0.25) is 0 Å². The number of carboxylic acids is 1. The lowest BCUT2D eigenvalue weighted by molar-refractivity contribution is -0.141. The Morgan fingerprint density at radius 1 is 1.50 bits per heavy atom. The van der Waals surface area contributed by atoms with E-state index in [9.17, 15) is 9.59 Å². The maximum atomic E-state index is 11.8. The predicted octanol–water partition coefficient (Wildman–Crippen LogP) is 0.824. The third-order valence-electron chi connectivity index (χ3n) is 3.54. The summed E-state index contributed by atoms with van der Waals surface area (Å²) in [7, 11) is 0. The molecule has 1 aromatic rings. The van der Waals surface area contributed by atoms with Crippen molar-refractivity contribution in [2.45, 2.75) is 44.8 Å². The van der Waals surface area contributed by atoms with E-state index in [4.69, 9.17) is 5.11 Å². The minimum absolute atomic E-state index is 0.0270.